The van der Waals surface area contributed by atoms with E-state index < -0.39 is 29.6 Å². The molecule has 1 aromatic carbocycles. The fraction of sp³-hybridized carbons (Fsp3) is 0.560. The number of hydrogen-bond donors (Lipinski definition) is 2. The van der Waals surface area contributed by atoms with Crippen LogP contribution in [0.25, 0.3) is 0 Å². The third-order valence-electron chi connectivity index (χ3n) is 7.48. The molecule has 0 unspecified atom stereocenters. The van der Waals surface area contributed by atoms with Crippen molar-refractivity contribution in [3.05, 3.63) is 40.9 Å². The lowest BCUT2D eigenvalue weighted by atomic mass is 9.74. The van der Waals surface area contributed by atoms with E-state index in [2.05, 4.69) is 26.6 Å². The summed E-state index contributed by atoms with van der Waals surface area (Å²) in [4.78, 5) is 42.2. The van der Waals surface area contributed by atoms with Gasteiger partial charge >= 0.3 is 0 Å². The molecule has 4 aliphatic rings. The Kier molecular flexibility index (Phi) is 5.85. The van der Waals surface area contributed by atoms with E-state index in [1.165, 1.54) is 6.42 Å². The van der Waals surface area contributed by atoms with Crippen molar-refractivity contribution >= 4 is 39.3 Å². The van der Waals surface area contributed by atoms with Gasteiger partial charge in [-0.05, 0) is 51.0 Å². The first-order valence-corrected chi connectivity index (χ1v) is 12.7. The Balaban J connectivity index is 1.43. The van der Waals surface area contributed by atoms with Crippen molar-refractivity contribution in [2.24, 2.45) is 11.8 Å². The van der Waals surface area contributed by atoms with Gasteiger partial charge < -0.3 is 20.3 Å². The minimum Gasteiger partial charge on any atom is -0.359 e. The molecule has 1 aromatic rings. The van der Waals surface area contributed by atoms with Crippen molar-refractivity contribution in [3.63, 3.8) is 0 Å². The van der Waals surface area contributed by atoms with Gasteiger partial charge in [-0.3, -0.25) is 14.4 Å². The predicted molar refractivity (Wildman–Crippen MR) is 127 cm³/mol. The number of fused-ring (bicyclic) bond motifs is 1. The van der Waals surface area contributed by atoms with Gasteiger partial charge in [-0.2, -0.15) is 0 Å². The minimum absolute atomic E-state index is 0.130. The zero-order valence-corrected chi connectivity index (χ0v) is 20.5. The Bertz CT molecular complexity index is 988. The maximum absolute atomic E-state index is 13.7. The normalized spacial score (nSPS) is 33.0. The van der Waals surface area contributed by atoms with Crippen molar-refractivity contribution in [1.82, 2.24) is 10.2 Å². The molecule has 176 valence electrons. The lowest BCUT2D eigenvalue weighted by Crippen LogP contribution is -2.57. The Labute approximate surface area is 202 Å². The molecule has 0 radical (unpaired) electrons. The Hall–Kier alpha value is -2.19. The second-order valence-electron chi connectivity index (χ2n) is 9.88. The number of hydrogen-bond acceptors (Lipinski definition) is 4. The van der Waals surface area contributed by atoms with Crippen LogP contribution in [-0.2, 0) is 19.1 Å². The highest BCUT2D eigenvalue weighted by Crippen LogP contribution is 2.55. The molecule has 1 saturated carbocycles. The van der Waals surface area contributed by atoms with E-state index in [0.717, 1.165) is 30.2 Å². The SMILES string of the molecule is CC(C)N1C(=O)[C@H]2[C@H](C(=O)Nc3ccc(Br)cc3)[C@H]3C=C[C@@]2(O3)[C@H]1C(=O)NC1CCCCC1. The van der Waals surface area contributed by atoms with Crippen LogP contribution in [0.15, 0.2) is 40.9 Å². The van der Waals surface area contributed by atoms with Crippen LogP contribution < -0.4 is 10.6 Å². The van der Waals surface area contributed by atoms with Crippen LogP contribution >= 0.6 is 15.9 Å². The summed E-state index contributed by atoms with van der Waals surface area (Å²) in [6.07, 6.45) is 8.51. The molecular weight excluding hydrogens is 486 g/mol. The molecule has 2 saturated heterocycles. The first-order valence-electron chi connectivity index (χ1n) is 11.9. The van der Waals surface area contributed by atoms with Gasteiger partial charge in [0.1, 0.15) is 11.6 Å². The monoisotopic (exact) mass is 515 g/mol. The number of likely N-dealkylation sites (tertiary alicyclic amines) is 1. The van der Waals surface area contributed by atoms with E-state index in [9.17, 15) is 14.4 Å². The second-order valence-corrected chi connectivity index (χ2v) is 10.8. The number of benzene rings is 1. The molecule has 5 atom stereocenters. The lowest BCUT2D eigenvalue weighted by molar-refractivity contribution is -0.143. The average molecular weight is 516 g/mol. The largest absolute Gasteiger partial charge is 0.359 e. The van der Waals surface area contributed by atoms with Crippen LogP contribution in [0, 0.1) is 11.8 Å². The van der Waals surface area contributed by atoms with Crippen molar-refractivity contribution in [3.8, 4) is 0 Å². The lowest BCUT2D eigenvalue weighted by Gasteiger charge is -2.35. The summed E-state index contributed by atoms with van der Waals surface area (Å²) in [5, 5.41) is 6.13. The van der Waals surface area contributed by atoms with Crippen LogP contribution in [0.3, 0.4) is 0 Å². The van der Waals surface area contributed by atoms with Crippen LogP contribution in [0.2, 0.25) is 0 Å². The summed E-state index contributed by atoms with van der Waals surface area (Å²) in [6.45, 7) is 3.81. The molecule has 33 heavy (non-hydrogen) atoms. The third-order valence-corrected chi connectivity index (χ3v) is 8.01. The predicted octanol–water partition coefficient (Wildman–Crippen LogP) is 3.40. The van der Waals surface area contributed by atoms with Gasteiger partial charge in [0.25, 0.3) is 0 Å². The molecule has 2 N–H and O–H groups in total. The van der Waals surface area contributed by atoms with E-state index >= 15 is 0 Å². The minimum atomic E-state index is -1.10. The number of amides is 3. The maximum Gasteiger partial charge on any atom is 0.246 e. The van der Waals surface area contributed by atoms with Crippen molar-refractivity contribution < 1.29 is 19.1 Å². The first-order chi connectivity index (χ1) is 15.8. The molecule has 1 aliphatic carbocycles. The quantitative estimate of drug-likeness (QED) is 0.588. The molecule has 1 spiro atoms. The smallest absolute Gasteiger partial charge is 0.246 e. The van der Waals surface area contributed by atoms with E-state index in [-0.39, 0.29) is 29.8 Å². The van der Waals surface area contributed by atoms with Gasteiger partial charge in [-0.25, -0.2) is 0 Å². The summed E-state index contributed by atoms with van der Waals surface area (Å²) >= 11 is 3.39. The number of carbonyl (C=O) groups is 3. The fourth-order valence-electron chi connectivity index (χ4n) is 6.05. The van der Waals surface area contributed by atoms with E-state index in [0.29, 0.717) is 5.69 Å². The molecule has 8 heteroatoms. The van der Waals surface area contributed by atoms with Gasteiger partial charge in [0.05, 0.1) is 17.9 Å². The highest BCUT2D eigenvalue weighted by atomic mass is 79.9. The molecule has 3 aliphatic heterocycles. The first kappa shape index (κ1) is 22.6. The molecule has 3 fully saturated rings. The number of nitrogens with one attached hydrogen (secondary N) is 2. The molecule has 3 heterocycles. The average Bonchev–Trinajstić information content (AvgIpc) is 3.43. The summed E-state index contributed by atoms with van der Waals surface area (Å²) in [6, 6.07) is 6.47. The molecule has 5 rings (SSSR count). The Morgan fingerprint density at radius 3 is 2.48 bits per heavy atom. The summed E-state index contributed by atoms with van der Waals surface area (Å²) in [5.74, 6) is -2.02. The van der Waals surface area contributed by atoms with Gasteiger partial charge in [-0.1, -0.05) is 47.3 Å². The standard InChI is InChI=1S/C25H30BrN3O4/c1-14(2)29-21(23(31)28-16-6-4-3-5-7-16)25-13-12-18(33-25)19(20(25)24(29)32)22(30)27-17-10-8-15(26)9-11-17/h8-14,16,18-21H,3-7H2,1-2H3,(H,27,30)(H,28,31)/t18-,19-,20-,21-,25+/m1/s1. The fourth-order valence-corrected chi connectivity index (χ4v) is 6.31. The third kappa shape index (κ3) is 3.71. The highest BCUT2D eigenvalue weighted by Gasteiger charge is 2.73. The van der Waals surface area contributed by atoms with Gasteiger partial charge in [-0.15, -0.1) is 0 Å². The number of anilines is 1. The topological polar surface area (TPSA) is 87.7 Å². The number of ether oxygens (including phenoxy) is 1. The molecule has 0 aromatic heterocycles. The van der Waals surface area contributed by atoms with Crippen LogP contribution in [0.1, 0.15) is 46.0 Å². The number of nitrogens with zero attached hydrogens (tertiary/aromatic N) is 1. The number of rotatable bonds is 5. The van der Waals surface area contributed by atoms with Gasteiger partial charge in [0.15, 0.2) is 0 Å². The zero-order chi connectivity index (χ0) is 23.3. The summed E-state index contributed by atoms with van der Waals surface area (Å²) in [5.41, 5.74) is -0.450. The van der Waals surface area contributed by atoms with E-state index in [1.807, 2.05) is 38.1 Å². The Morgan fingerprint density at radius 1 is 1.12 bits per heavy atom. The maximum atomic E-state index is 13.7. The molecular formula is C25H30BrN3O4. The van der Waals surface area contributed by atoms with Crippen molar-refractivity contribution in [2.75, 3.05) is 5.32 Å². The number of carbonyl (C=O) groups excluding carboxylic acids is 3. The zero-order valence-electron chi connectivity index (χ0n) is 18.9. The summed E-state index contributed by atoms with van der Waals surface area (Å²) < 4.78 is 7.26. The number of halogens is 1. The van der Waals surface area contributed by atoms with Crippen LogP contribution in [0.4, 0.5) is 5.69 Å². The van der Waals surface area contributed by atoms with Crippen LogP contribution in [-0.4, -0.2) is 52.5 Å². The van der Waals surface area contributed by atoms with Gasteiger partial charge in [0.2, 0.25) is 17.7 Å². The van der Waals surface area contributed by atoms with E-state index in [4.69, 9.17) is 4.74 Å². The Morgan fingerprint density at radius 2 is 1.82 bits per heavy atom. The highest BCUT2D eigenvalue weighted by molar-refractivity contribution is 9.10. The second kappa shape index (κ2) is 8.55. The van der Waals surface area contributed by atoms with Gasteiger partial charge in [0, 0.05) is 22.2 Å². The summed E-state index contributed by atoms with van der Waals surface area (Å²) in [7, 11) is 0. The van der Waals surface area contributed by atoms with Crippen molar-refractivity contribution in [1.29, 1.82) is 0 Å². The van der Waals surface area contributed by atoms with E-state index in [1.54, 1.807) is 17.0 Å². The molecule has 7 nitrogen and oxygen atoms in total. The van der Waals surface area contributed by atoms with Crippen molar-refractivity contribution in [2.45, 2.75) is 75.8 Å². The molecule has 2 bridgehead atoms. The van der Waals surface area contributed by atoms with Crippen LogP contribution in [0.5, 0.6) is 0 Å². The molecule has 3 amide bonds.